The largest absolute Gasteiger partial charge is 0.496 e. The first-order valence-electron chi connectivity index (χ1n) is 6.97. The number of carbonyl (C=O) groups is 1. The van der Waals surface area contributed by atoms with Gasteiger partial charge in [0.15, 0.2) is 0 Å². The van der Waals surface area contributed by atoms with E-state index in [4.69, 9.17) is 9.84 Å². The topological polar surface area (TPSA) is 53.0 Å². The lowest BCUT2D eigenvalue weighted by atomic mass is 10.1. The van der Waals surface area contributed by atoms with Crippen LogP contribution in [0, 0.1) is 0 Å². The molecule has 1 aliphatic rings. The Bertz CT molecular complexity index is 448. The number of hydrogen-bond donors (Lipinski definition) is 1. The zero-order chi connectivity index (χ0) is 14.4. The van der Waals surface area contributed by atoms with Gasteiger partial charge < -0.3 is 14.7 Å². The van der Waals surface area contributed by atoms with Crippen molar-refractivity contribution in [2.45, 2.75) is 13.0 Å². The Hall–Kier alpha value is -1.30. The molecular weight excluding hydrogens is 292 g/mol. The Kier molecular flexibility index (Phi) is 7.50. The highest BCUT2D eigenvalue weighted by Gasteiger charge is 2.18. The van der Waals surface area contributed by atoms with E-state index in [9.17, 15) is 4.79 Å². The van der Waals surface area contributed by atoms with Crippen LogP contribution < -0.4 is 4.74 Å². The first-order chi connectivity index (χ1) is 9.69. The molecule has 0 bridgehead atoms. The van der Waals surface area contributed by atoms with Crippen molar-refractivity contribution in [3.05, 3.63) is 29.8 Å². The average molecular weight is 315 g/mol. The van der Waals surface area contributed by atoms with Crippen LogP contribution >= 0.6 is 12.4 Å². The van der Waals surface area contributed by atoms with E-state index in [1.807, 2.05) is 18.2 Å². The van der Waals surface area contributed by atoms with Crippen molar-refractivity contribution in [3.8, 4) is 5.75 Å². The molecule has 0 radical (unpaired) electrons. The summed E-state index contributed by atoms with van der Waals surface area (Å²) < 4.78 is 5.37. The average Bonchev–Trinajstić information content (AvgIpc) is 2.47. The zero-order valence-electron chi connectivity index (χ0n) is 12.3. The number of ether oxygens (including phenoxy) is 1. The van der Waals surface area contributed by atoms with Gasteiger partial charge in [-0.2, -0.15) is 0 Å². The molecule has 1 N–H and O–H groups in total. The highest BCUT2D eigenvalue weighted by molar-refractivity contribution is 5.85. The van der Waals surface area contributed by atoms with Gasteiger partial charge in [0.25, 0.3) is 0 Å². The third-order valence-electron chi connectivity index (χ3n) is 3.69. The van der Waals surface area contributed by atoms with Crippen molar-refractivity contribution >= 4 is 18.4 Å². The monoisotopic (exact) mass is 314 g/mol. The number of nitrogens with zero attached hydrogens (tertiary/aromatic N) is 2. The highest BCUT2D eigenvalue weighted by atomic mass is 35.5. The quantitative estimate of drug-likeness (QED) is 0.866. The molecule has 118 valence electrons. The second kappa shape index (κ2) is 8.87. The predicted octanol–water partition coefficient (Wildman–Crippen LogP) is 1.71. The van der Waals surface area contributed by atoms with Gasteiger partial charge in [0.05, 0.1) is 13.5 Å². The zero-order valence-corrected chi connectivity index (χ0v) is 13.1. The van der Waals surface area contributed by atoms with Crippen molar-refractivity contribution < 1.29 is 14.6 Å². The molecule has 1 heterocycles. The smallest absolute Gasteiger partial charge is 0.304 e. The summed E-state index contributed by atoms with van der Waals surface area (Å²) in [6.45, 7) is 5.34. The SMILES string of the molecule is COc1ccccc1CN1CCN(CCC(=O)O)CC1.Cl. The van der Waals surface area contributed by atoms with Crippen molar-refractivity contribution in [1.82, 2.24) is 9.80 Å². The fourth-order valence-electron chi connectivity index (χ4n) is 2.50. The van der Waals surface area contributed by atoms with Crippen LogP contribution in [0.25, 0.3) is 0 Å². The van der Waals surface area contributed by atoms with Gasteiger partial charge in [-0.15, -0.1) is 12.4 Å². The first-order valence-corrected chi connectivity index (χ1v) is 6.97. The number of piperazine rings is 1. The summed E-state index contributed by atoms with van der Waals surface area (Å²) in [5.74, 6) is 0.210. The van der Waals surface area contributed by atoms with Crippen molar-refractivity contribution in [1.29, 1.82) is 0 Å². The molecule has 1 saturated heterocycles. The molecule has 21 heavy (non-hydrogen) atoms. The van der Waals surface area contributed by atoms with Crippen LogP contribution in [0.3, 0.4) is 0 Å². The summed E-state index contributed by atoms with van der Waals surface area (Å²) in [5.41, 5.74) is 1.20. The van der Waals surface area contributed by atoms with Gasteiger partial charge in [-0.05, 0) is 6.07 Å². The van der Waals surface area contributed by atoms with E-state index >= 15 is 0 Å². The van der Waals surface area contributed by atoms with Crippen LogP contribution in [0.5, 0.6) is 5.75 Å². The van der Waals surface area contributed by atoms with Crippen molar-refractivity contribution in [2.75, 3.05) is 39.8 Å². The lowest BCUT2D eigenvalue weighted by Gasteiger charge is -2.34. The third-order valence-corrected chi connectivity index (χ3v) is 3.69. The number of carboxylic acids is 1. The number of halogens is 1. The van der Waals surface area contributed by atoms with Crippen LogP contribution in [0.15, 0.2) is 24.3 Å². The van der Waals surface area contributed by atoms with E-state index in [-0.39, 0.29) is 18.8 Å². The Morgan fingerprint density at radius 2 is 1.81 bits per heavy atom. The Labute approximate surface area is 131 Å². The van der Waals surface area contributed by atoms with Crippen LogP contribution in [0.4, 0.5) is 0 Å². The minimum absolute atomic E-state index is 0. The molecule has 0 spiro atoms. The van der Waals surface area contributed by atoms with Gasteiger partial charge in [-0.3, -0.25) is 9.69 Å². The second-order valence-electron chi connectivity index (χ2n) is 5.07. The number of hydrogen-bond acceptors (Lipinski definition) is 4. The molecule has 0 saturated carbocycles. The number of para-hydroxylation sites is 1. The summed E-state index contributed by atoms with van der Waals surface area (Å²) in [6.07, 6.45) is 0.229. The number of benzene rings is 1. The number of carboxylic acid groups (broad SMARTS) is 1. The van der Waals surface area contributed by atoms with E-state index < -0.39 is 5.97 Å². The van der Waals surface area contributed by atoms with Crippen LogP contribution in [0.1, 0.15) is 12.0 Å². The van der Waals surface area contributed by atoms with Gasteiger partial charge in [0, 0.05) is 44.8 Å². The summed E-state index contributed by atoms with van der Waals surface area (Å²) in [6, 6.07) is 8.08. The number of aliphatic carboxylic acids is 1. The molecule has 2 rings (SSSR count). The minimum atomic E-state index is -0.721. The van der Waals surface area contributed by atoms with Crippen molar-refractivity contribution in [2.24, 2.45) is 0 Å². The molecule has 0 aliphatic carbocycles. The molecule has 0 amide bonds. The maximum atomic E-state index is 10.6. The molecule has 1 aromatic rings. The predicted molar refractivity (Wildman–Crippen MR) is 84.2 cm³/mol. The van der Waals surface area contributed by atoms with E-state index in [2.05, 4.69) is 15.9 Å². The van der Waals surface area contributed by atoms with Gasteiger partial charge in [0.2, 0.25) is 0 Å². The third kappa shape index (κ3) is 5.53. The number of rotatable bonds is 6. The highest BCUT2D eigenvalue weighted by Crippen LogP contribution is 2.19. The Balaban J connectivity index is 0.00000220. The van der Waals surface area contributed by atoms with Gasteiger partial charge >= 0.3 is 5.97 Å². The molecule has 0 atom stereocenters. The standard InChI is InChI=1S/C15H22N2O3.ClH/c1-20-14-5-3-2-4-13(14)12-17-10-8-16(9-11-17)7-6-15(18)19;/h2-5H,6-12H2,1H3,(H,18,19);1H. The summed E-state index contributed by atoms with van der Waals surface area (Å²) in [5, 5.41) is 8.70. The first kappa shape index (κ1) is 17.8. The molecule has 6 heteroatoms. The molecular formula is C15H23ClN2O3. The van der Waals surface area contributed by atoms with E-state index in [1.54, 1.807) is 7.11 Å². The normalized spacial score (nSPS) is 16.2. The molecule has 0 unspecified atom stereocenters. The Morgan fingerprint density at radius 1 is 1.19 bits per heavy atom. The maximum absolute atomic E-state index is 10.6. The summed E-state index contributed by atoms with van der Waals surface area (Å²) in [4.78, 5) is 15.2. The lowest BCUT2D eigenvalue weighted by Crippen LogP contribution is -2.46. The van der Waals surface area contributed by atoms with E-state index in [0.29, 0.717) is 6.54 Å². The van der Waals surface area contributed by atoms with Crippen LogP contribution in [-0.2, 0) is 11.3 Å². The molecule has 1 fully saturated rings. The molecule has 5 nitrogen and oxygen atoms in total. The Morgan fingerprint density at radius 3 is 2.43 bits per heavy atom. The summed E-state index contributed by atoms with van der Waals surface area (Å²) in [7, 11) is 1.70. The van der Waals surface area contributed by atoms with Crippen LogP contribution in [0.2, 0.25) is 0 Å². The van der Waals surface area contributed by atoms with Gasteiger partial charge in [-0.25, -0.2) is 0 Å². The molecule has 1 aliphatic heterocycles. The van der Waals surface area contributed by atoms with Crippen LogP contribution in [-0.4, -0.2) is 60.7 Å². The van der Waals surface area contributed by atoms with Crippen molar-refractivity contribution in [3.63, 3.8) is 0 Å². The van der Waals surface area contributed by atoms with Gasteiger partial charge in [-0.1, -0.05) is 18.2 Å². The van der Waals surface area contributed by atoms with E-state index in [1.165, 1.54) is 5.56 Å². The lowest BCUT2D eigenvalue weighted by molar-refractivity contribution is -0.137. The molecule has 1 aromatic carbocycles. The molecule has 0 aromatic heterocycles. The van der Waals surface area contributed by atoms with Gasteiger partial charge in [0.1, 0.15) is 5.75 Å². The fraction of sp³-hybridized carbons (Fsp3) is 0.533. The van der Waals surface area contributed by atoms with E-state index in [0.717, 1.165) is 38.5 Å². The fourth-order valence-corrected chi connectivity index (χ4v) is 2.50. The number of methoxy groups -OCH3 is 1. The second-order valence-corrected chi connectivity index (χ2v) is 5.07. The minimum Gasteiger partial charge on any atom is -0.496 e. The maximum Gasteiger partial charge on any atom is 0.304 e. The summed E-state index contributed by atoms with van der Waals surface area (Å²) >= 11 is 0.